The number of amides is 1. The highest BCUT2D eigenvalue weighted by molar-refractivity contribution is 7.99. The van der Waals surface area contributed by atoms with Crippen LogP contribution in [0.25, 0.3) is 11.4 Å². The molecule has 8 nitrogen and oxygen atoms in total. The number of aryl methyl sites for hydroxylation is 2. The van der Waals surface area contributed by atoms with E-state index in [2.05, 4.69) is 21.6 Å². The van der Waals surface area contributed by atoms with Crippen LogP contribution in [0.5, 0.6) is 0 Å². The first-order valence-electron chi connectivity index (χ1n) is 11.2. The fraction of sp³-hybridized carbons (Fsp3) is 0.478. The number of anilines is 1. The largest absolute Gasteiger partial charge is 0.469 e. The van der Waals surface area contributed by atoms with E-state index in [0.717, 1.165) is 67.8 Å². The van der Waals surface area contributed by atoms with Gasteiger partial charge in [0, 0.05) is 11.5 Å². The van der Waals surface area contributed by atoms with Crippen LogP contribution in [0.2, 0.25) is 0 Å². The number of nitrogens with zero attached hydrogens (tertiary/aromatic N) is 4. The first kappa shape index (κ1) is 22.2. The van der Waals surface area contributed by atoms with Gasteiger partial charge in [-0.3, -0.25) is 9.36 Å². The lowest BCUT2D eigenvalue weighted by Gasteiger charge is -2.14. The van der Waals surface area contributed by atoms with Crippen molar-refractivity contribution in [3.63, 3.8) is 0 Å². The zero-order chi connectivity index (χ0) is 22.8. The maximum atomic E-state index is 12.8. The molecule has 1 aliphatic carbocycles. The summed E-state index contributed by atoms with van der Waals surface area (Å²) < 4.78 is 13.3. The number of thioether (sulfide) groups is 1. The standard InChI is InChI=1S/C23H25N5O3S2/c1-14-16(8-10-30-14)21-26-27-23(28(21)12-15-5-4-9-31-15)32-13-20(29)25-22-18(11-24)17-6-2-3-7-19(17)33-22/h8,10,15H,2-7,9,12-13H2,1H3,(H,25,29). The Kier molecular flexibility index (Phi) is 6.53. The summed E-state index contributed by atoms with van der Waals surface area (Å²) in [5.74, 6) is 1.53. The zero-order valence-electron chi connectivity index (χ0n) is 18.4. The summed E-state index contributed by atoms with van der Waals surface area (Å²) in [5.41, 5.74) is 2.64. The lowest BCUT2D eigenvalue weighted by Crippen LogP contribution is -2.18. The van der Waals surface area contributed by atoms with Gasteiger partial charge in [-0.25, -0.2) is 0 Å². The Morgan fingerprint density at radius 3 is 3.00 bits per heavy atom. The van der Waals surface area contributed by atoms with E-state index in [1.807, 2.05) is 17.6 Å². The minimum Gasteiger partial charge on any atom is -0.469 e. The van der Waals surface area contributed by atoms with Crippen molar-refractivity contribution in [2.45, 2.75) is 63.3 Å². The molecule has 0 aromatic carbocycles. The molecule has 1 unspecified atom stereocenters. The number of ether oxygens (including phenoxy) is 1. The summed E-state index contributed by atoms with van der Waals surface area (Å²) in [5, 5.41) is 22.7. The second-order valence-electron chi connectivity index (χ2n) is 8.31. The lowest BCUT2D eigenvalue weighted by atomic mass is 9.96. The summed E-state index contributed by atoms with van der Waals surface area (Å²) >= 11 is 2.88. The van der Waals surface area contributed by atoms with Crippen LogP contribution in [0, 0.1) is 18.3 Å². The number of nitriles is 1. The van der Waals surface area contributed by atoms with Crippen molar-refractivity contribution in [1.29, 1.82) is 5.26 Å². The highest BCUT2D eigenvalue weighted by atomic mass is 32.2. The van der Waals surface area contributed by atoms with Crippen LogP contribution in [-0.4, -0.2) is 39.1 Å². The average Bonchev–Trinajstić information content (AvgIpc) is 3.60. The fourth-order valence-corrected chi connectivity index (χ4v) is 6.44. The molecule has 1 atom stereocenters. The van der Waals surface area contributed by atoms with E-state index < -0.39 is 0 Å². The molecule has 33 heavy (non-hydrogen) atoms. The molecule has 0 radical (unpaired) electrons. The van der Waals surface area contributed by atoms with Crippen molar-refractivity contribution >= 4 is 34.0 Å². The Morgan fingerprint density at radius 2 is 2.24 bits per heavy atom. The SMILES string of the molecule is Cc1occc1-c1nnc(SCC(=O)Nc2sc3c(c2C#N)CCCC3)n1CC1CCCO1. The van der Waals surface area contributed by atoms with Crippen molar-refractivity contribution in [2.24, 2.45) is 0 Å². The molecule has 172 valence electrons. The molecule has 5 rings (SSSR count). The van der Waals surface area contributed by atoms with E-state index in [1.165, 1.54) is 16.6 Å². The molecule has 1 aliphatic heterocycles. The summed E-state index contributed by atoms with van der Waals surface area (Å²) in [7, 11) is 0. The molecule has 1 saturated heterocycles. The van der Waals surface area contributed by atoms with Gasteiger partial charge in [0.15, 0.2) is 11.0 Å². The molecule has 3 aromatic rings. The molecular weight excluding hydrogens is 458 g/mol. The number of carbonyl (C=O) groups excluding carboxylic acids is 1. The Morgan fingerprint density at radius 1 is 1.36 bits per heavy atom. The van der Waals surface area contributed by atoms with Gasteiger partial charge in [0.05, 0.1) is 35.8 Å². The Bertz CT molecular complexity index is 1200. The van der Waals surface area contributed by atoms with Crippen molar-refractivity contribution in [2.75, 3.05) is 17.7 Å². The highest BCUT2D eigenvalue weighted by Gasteiger charge is 2.25. The van der Waals surface area contributed by atoms with Gasteiger partial charge in [-0.2, -0.15) is 5.26 Å². The average molecular weight is 484 g/mol. The summed E-state index contributed by atoms with van der Waals surface area (Å²) in [6.45, 7) is 3.30. The summed E-state index contributed by atoms with van der Waals surface area (Å²) in [6, 6.07) is 4.18. The molecule has 4 heterocycles. The number of carbonyl (C=O) groups is 1. The third-order valence-corrected chi connectivity index (χ3v) is 8.27. The topological polar surface area (TPSA) is 106 Å². The molecule has 0 spiro atoms. The molecule has 1 amide bonds. The van der Waals surface area contributed by atoms with Gasteiger partial charge in [-0.1, -0.05) is 11.8 Å². The van der Waals surface area contributed by atoms with Gasteiger partial charge in [-0.15, -0.1) is 21.5 Å². The third kappa shape index (κ3) is 4.58. The number of thiophene rings is 1. The third-order valence-electron chi connectivity index (χ3n) is 6.10. The number of furan rings is 1. The van der Waals surface area contributed by atoms with Crippen LogP contribution in [0.15, 0.2) is 21.9 Å². The van der Waals surface area contributed by atoms with E-state index in [4.69, 9.17) is 9.15 Å². The predicted octanol–water partition coefficient (Wildman–Crippen LogP) is 4.57. The van der Waals surface area contributed by atoms with Gasteiger partial charge < -0.3 is 14.5 Å². The van der Waals surface area contributed by atoms with Crippen molar-refractivity contribution in [3.8, 4) is 17.5 Å². The maximum absolute atomic E-state index is 12.8. The predicted molar refractivity (Wildman–Crippen MR) is 126 cm³/mol. The Hall–Kier alpha value is -2.61. The van der Waals surface area contributed by atoms with Crippen LogP contribution in [-0.2, 0) is 28.9 Å². The number of hydrogen-bond acceptors (Lipinski definition) is 8. The monoisotopic (exact) mass is 483 g/mol. The normalized spacial score (nSPS) is 17.6. The van der Waals surface area contributed by atoms with Crippen LogP contribution in [0.4, 0.5) is 5.00 Å². The molecule has 1 fully saturated rings. The summed E-state index contributed by atoms with van der Waals surface area (Å²) in [6.07, 6.45) is 7.93. The molecule has 2 aliphatic rings. The number of rotatable bonds is 7. The minimum atomic E-state index is -0.150. The van der Waals surface area contributed by atoms with Gasteiger partial charge in [0.1, 0.15) is 16.8 Å². The number of aromatic nitrogens is 3. The van der Waals surface area contributed by atoms with E-state index in [9.17, 15) is 10.1 Å². The molecule has 0 saturated carbocycles. The second-order valence-corrected chi connectivity index (χ2v) is 10.4. The molecular formula is C23H25N5O3S2. The first-order valence-corrected chi connectivity index (χ1v) is 13.0. The fourth-order valence-electron chi connectivity index (χ4n) is 4.43. The Labute approximate surface area is 200 Å². The van der Waals surface area contributed by atoms with E-state index in [-0.39, 0.29) is 17.8 Å². The summed E-state index contributed by atoms with van der Waals surface area (Å²) in [4.78, 5) is 14.0. The van der Waals surface area contributed by atoms with E-state index in [0.29, 0.717) is 22.3 Å². The molecule has 3 aromatic heterocycles. The van der Waals surface area contributed by atoms with Gasteiger partial charge >= 0.3 is 0 Å². The van der Waals surface area contributed by atoms with Crippen LogP contribution < -0.4 is 5.32 Å². The van der Waals surface area contributed by atoms with Crippen LogP contribution in [0.3, 0.4) is 0 Å². The van der Waals surface area contributed by atoms with E-state index >= 15 is 0 Å². The van der Waals surface area contributed by atoms with Crippen molar-refractivity contribution < 1.29 is 13.9 Å². The van der Waals surface area contributed by atoms with Gasteiger partial charge in [0.2, 0.25) is 5.91 Å². The zero-order valence-corrected chi connectivity index (χ0v) is 20.1. The number of nitrogens with one attached hydrogen (secondary N) is 1. The van der Waals surface area contributed by atoms with Crippen LogP contribution in [0.1, 0.15) is 47.4 Å². The van der Waals surface area contributed by atoms with Crippen molar-refractivity contribution in [1.82, 2.24) is 14.8 Å². The van der Waals surface area contributed by atoms with Gasteiger partial charge in [-0.05, 0) is 57.1 Å². The number of fused-ring (bicyclic) bond motifs is 1. The quantitative estimate of drug-likeness (QED) is 0.491. The first-order chi connectivity index (χ1) is 16.1. The van der Waals surface area contributed by atoms with Crippen molar-refractivity contribution in [3.05, 3.63) is 34.1 Å². The minimum absolute atomic E-state index is 0.107. The second kappa shape index (κ2) is 9.71. The van der Waals surface area contributed by atoms with E-state index in [1.54, 1.807) is 17.6 Å². The lowest BCUT2D eigenvalue weighted by molar-refractivity contribution is -0.113. The smallest absolute Gasteiger partial charge is 0.235 e. The highest BCUT2D eigenvalue weighted by Crippen LogP contribution is 2.38. The molecule has 10 heteroatoms. The number of hydrogen-bond donors (Lipinski definition) is 1. The molecule has 0 bridgehead atoms. The van der Waals surface area contributed by atoms with Crippen LogP contribution >= 0.6 is 23.1 Å². The maximum Gasteiger partial charge on any atom is 0.235 e. The Balaban J connectivity index is 1.32. The van der Waals surface area contributed by atoms with Gasteiger partial charge in [0.25, 0.3) is 0 Å². The molecule has 1 N–H and O–H groups in total.